The van der Waals surface area contributed by atoms with Crippen LogP contribution in [0, 0.1) is 6.92 Å². The molecule has 4 nitrogen and oxygen atoms in total. The summed E-state index contributed by atoms with van der Waals surface area (Å²) in [5, 5.41) is 11.5. The smallest absolute Gasteiger partial charge is 0.335 e. The molecule has 0 aliphatic rings. The van der Waals surface area contributed by atoms with Crippen molar-refractivity contribution >= 4 is 29.2 Å². The van der Waals surface area contributed by atoms with Gasteiger partial charge in [0.1, 0.15) is 0 Å². The minimum atomic E-state index is -0.979. The molecule has 0 aliphatic carbocycles. The average Bonchev–Trinajstić information content (AvgIpc) is 2.28. The highest BCUT2D eigenvalue weighted by Crippen LogP contribution is 2.17. The summed E-state index contributed by atoms with van der Waals surface area (Å²) in [6, 6.07) is 4.59. The van der Waals surface area contributed by atoms with Gasteiger partial charge in [0.05, 0.1) is 5.56 Å². The van der Waals surface area contributed by atoms with Crippen molar-refractivity contribution in [3.8, 4) is 0 Å². The zero-order chi connectivity index (χ0) is 12.8. The topological polar surface area (TPSA) is 66.4 Å². The van der Waals surface area contributed by atoms with Crippen LogP contribution in [-0.4, -0.2) is 22.9 Å². The number of aryl methyl sites for hydroxylation is 1. The van der Waals surface area contributed by atoms with E-state index < -0.39 is 5.97 Å². The van der Waals surface area contributed by atoms with Gasteiger partial charge in [0, 0.05) is 18.0 Å². The summed E-state index contributed by atoms with van der Waals surface area (Å²) in [5.74, 6) is -0.644. The molecule has 0 fully saturated rings. The molecule has 17 heavy (non-hydrogen) atoms. The lowest BCUT2D eigenvalue weighted by Gasteiger charge is -2.08. The van der Waals surface area contributed by atoms with E-state index in [-0.39, 0.29) is 11.5 Å². The number of halogens is 1. The lowest BCUT2D eigenvalue weighted by Crippen LogP contribution is -2.12. The highest BCUT2D eigenvalue weighted by molar-refractivity contribution is 6.18. The van der Waals surface area contributed by atoms with Gasteiger partial charge in [-0.05, 0) is 37.1 Å². The Morgan fingerprint density at radius 1 is 1.41 bits per heavy atom. The number of benzene rings is 1. The molecule has 1 amide bonds. The van der Waals surface area contributed by atoms with Gasteiger partial charge in [-0.3, -0.25) is 4.79 Å². The number of rotatable bonds is 5. The molecule has 0 unspecified atom stereocenters. The zero-order valence-corrected chi connectivity index (χ0v) is 10.3. The molecule has 1 rings (SSSR count). The zero-order valence-electron chi connectivity index (χ0n) is 9.50. The number of carboxylic acids is 1. The minimum Gasteiger partial charge on any atom is -0.478 e. The quantitative estimate of drug-likeness (QED) is 0.795. The van der Waals surface area contributed by atoms with E-state index in [1.807, 2.05) is 0 Å². The fraction of sp³-hybridized carbons (Fsp3) is 0.333. The number of carbonyl (C=O) groups excluding carboxylic acids is 1. The number of nitrogens with one attached hydrogen (secondary N) is 1. The Labute approximate surface area is 105 Å². The predicted octanol–water partition coefficient (Wildman–Crippen LogP) is 2.65. The second kappa shape index (κ2) is 6.25. The van der Waals surface area contributed by atoms with E-state index >= 15 is 0 Å². The van der Waals surface area contributed by atoms with Crippen LogP contribution in [0.3, 0.4) is 0 Å². The van der Waals surface area contributed by atoms with Gasteiger partial charge in [0.15, 0.2) is 0 Å². The number of carbonyl (C=O) groups is 2. The predicted molar refractivity (Wildman–Crippen MR) is 66.7 cm³/mol. The SMILES string of the molecule is Cc1cc(C(=O)O)ccc1NC(=O)CCCCl. The Balaban J connectivity index is 2.72. The van der Waals surface area contributed by atoms with Crippen molar-refractivity contribution in [1.82, 2.24) is 0 Å². The lowest BCUT2D eigenvalue weighted by molar-refractivity contribution is -0.116. The molecule has 0 spiro atoms. The summed E-state index contributed by atoms with van der Waals surface area (Å²) in [6.07, 6.45) is 0.989. The summed E-state index contributed by atoms with van der Waals surface area (Å²) in [6.45, 7) is 1.75. The maximum Gasteiger partial charge on any atom is 0.335 e. The molecule has 0 radical (unpaired) electrons. The Kier molecular flexibility index (Phi) is 4.97. The number of carboxylic acid groups (broad SMARTS) is 1. The second-order valence-electron chi connectivity index (χ2n) is 3.68. The molecule has 92 valence electrons. The number of anilines is 1. The van der Waals surface area contributed by atoms with E-state index in [9.17, 15) is 9.59 Å². The van der Waals surface area contributed by atoms with Gasteiger partial charge < -0.3 is 10.4 Å². The van der Waals surface area contributed by atoms with Gasteiger partial charge >= 0.3 is 5.97 Å². The molecule has 0 saturated heterocycles. The van der Waals surface area contributed by atoms with Crippen molar-refractivity contribution < 1.29 is 14.7 Å². The largest absolute Gasteiger partial charge is 0.478 e. The fourth-order valence-electron chi connectivity index (χ4n) is 1.38. The van der Waals surface area contributed by atoms with Crippen LogP contribution in [0.1, 0.15) is 28.8 Å². The van der Waals surface area contributed by atoms with E-state index in [0.717, 1.165) is 5.56 Å². The molecule has 0 bridgehead atoms. The molecule has 2 N–H and O–H groups in total. The third-order valence-corrected chi connectivity index (χ3v) is 2.55. The van der Waals surface area contributed by atoms with E-state index in [4.69, 9.17) is 16.7 Å². The number of hydrogen-bond acceptors (Lipinski definition) is 2. The normalized spacial score (nSPS) is 10.0. The van der Waals surface area contributed by atoms with Crippen molar-refractivity contribution in [2.45, 2.75) is 19.8 Å². The average molecular weight is 256 g/mol. The van der Waals surface area contributed by atoms with E-state index in [2.05, 4.69) is 5.32 Å². The van der Waals surface area contributed by atoms with Crippen LogP contribution in [0.2, 0.25) is 0 Å². The van der Waals surface area contributed by atoms with Crippen LogP contribution in [0.5, 0.6) is 0 Å². The molecule has 0 saturated carbocycles. The maximum atomic E-state index is 11.5. The lowest BCUT2D eigenvalue weighted by atomic mass is 10.1. The molecule has 0 heterocycles. The van der Waals surface area contributed by atoms with Crippen molar-refractivity contribution in [3.63, 3.8) is 0 Å². The first-order valence-corrected chi connectivity index (χ1v) is 5.78. The number of alkyl halides is 1. The van der Waals surface area contributed by atoms with Crippen molar-refractivity contribution in [3.05, 3.63) is 29.3 Å². The Bertz CT molecular complexity index is 432. The highest BCUT2D eigenvalue weighted by atomic mass is 35.5. The van der Waals surface area contributed by atoms with E-state index in [0.29, 0.717) is 24.4 Å². The van der Waals surface area contributed by atoms with E-state index in [1.165, 1.54) is 12.1 Å². The van der Waals surface area contributed by atoms with Crippen molar-refractivity contribution in [1.29, 1.82) is 0 Å². The van der Waals surface area contributed by atoms with Crippen LogP contribution >= 0.6 is 11.6 Å². The van der Waals surface area contributed by atoms with Crippen molar-refractivity contribution in [2.75, 3.05) is 11.2 Å². The summed E-state index contributed by atoms with van der Waals surface area (Å²) in [7, 11) is 0. The van der Waals surface area contributed by atoms with Crippen molar-refractivity contribution in [2.24, 2.45) is 0 Å². The molecule has 1 aromatic rings. The van der Waals surface area contributed by atoms with Crippen LogP contribution in [0.25, 0.3) is 0 Å². The molecule has 5 heteroatoms. The molecule has 0 aliphatic heterocycles. The Hall–Kier alpha value is -1.55. The minimum absolute atomic E-state index is 0.114. The van der Waals surface area contributed by atoms with Gasteiger partial charge in [-0.25, -0.2) is 4.79 Å². The Morgan fingerprint density at radius 2 is 2.12 bits per heavy atom. The standard InChI is InChI=1S/C12H14ClNO3/c1-8-7-9(12(16)17)4-5-10(8)14-11(15)3-2-6-13/h4-5,7H,2-3,6H2,1H3,(H,14,15)(H,16,17). The molecular formula is C12H14ClNO3. The third kappa shape index (κ3) is 4.07. The second-order valence-corrected chi connectivity index (χ2v) is 4.05. The summed E-state index contributed by atoms with van der Waals surface area (Å²) in [5.41, 5.74) is 1.57. The molecule has 0 aromatic heterocycles. The van der Waals surface area contributed by atoms with Crippen LogP contribution < -0.4 is 5.32 Å². The summed E-state index contributed by atoms with van der Waals surface area (Å²) in [4.78, 5) is 22.2. The van der Waals surface area contributed by atoms with Gasteiger partial charge in [-0.1, -0.05) is 0 Å². The van der Waals surface area contributed by atoms with Gasteiger partial charge in [0.25, 0.3) is 0 Å². The van der Waals surface area contributed by atoms with E-state index in [1.54, 1.807) is 13.0 Å². The fourth-order valence-corrected chi connectivity index (χ4v) is 1.51. The van der Waals surface area contributed by atoms with Crippen LogP contribution in [0.15, 0.2) is 18.2 Å². The first-order valence-electron chi connectivity index (χ1n) is 5.24. The number of aromatic carboxylic acids is 1. The first kappa shape index (κ1) is 13.5. The molecule has 0 atom stereocenters. The first-order chi connectivity index (χ1) is 8.04. The summed E-state index contributed by atoms with van der Waals surface area (Å²) < 4.78 is 0. The maximum absolute atomic E-state index is 11.5. The van der Waals surface area contributed by atoms with Gasteiger partial charge in [-0.2, -0.15) is 0 Å². The van der Waals surface area contributed by atoms with Crippen LogP contribution in [-0.2, 0) is 4.79 Å². The molecule has 1 aromatic carbocycles. The monoisotopic (exact) mass is 255 g/mol. The van der Waals surface area contributed by atoms with Gasteiger partial charge in [0.2, 0.25) is 5.91 Å². The highest BCUT2D eigenvalue weighted by Gasteiger charge is 2.07. The third-order valence-electron chi connectivity index (χ3n) is 2.28. The molecular weight excluding hydrogens is 242 g/mol. The summed E-state index contributed by atoms with van der Waals surface area (Å²) >= 11 is 5.49. The van der Waals surface area contributed by atoms with Crippen LogP contribution in [0.4, 0.5) is 5.69 Å². The number of amides is 1. The Morgan fingerprint density at radius 3 is 2.65 bits per heavy atom. The number of hydrogen-bond donors (Lipinski definition) is 2. The van der Waals surface area contributed by atoms with Gasteiger partial charge in [-0.15, -0.1) is 11.6 Å².